The van der Waals surface area contributed by atoms with Crippen molar-refractivity contribution < 1.29 is 33.0 Å². The van der Waals surface area contributed by atoms with E-state index in [1.807, 2.05) is 31.2 Å². The SMILES string of the molecule is CCOC(=O)c1c(C)oc(NC(=O)C(C)Sc2cc(C)c3cccc(OC)c3n2)c1C(=O)OCC. The highest BCUT2D eigenvalue weighted by molar-refractivity contribution is 8.00. The molecule has 35 heavy (non-hydrogen) atoms. The van der Waals surface area contributed by atoms with Crippen LogP contribution < -0.4 is 10.1 Å². The van der Waals surface area contributed by atoms with Crippen molar-refractivity contribution in [3.8, 4) is 5.75 Å². The first-order chi connectivity index (χ1) is 16.7. The predicted octanol–water partition coefficient (Wildman–Crippen LogP) is 4.93. The molecule has 0 spiro atoms. The average molecular weight is 501 g/mol. The van der Waals surface area contributed by atoms with Crippen LogP contribution in [0.2, 0.25) is 0 Å². The first-order valence-electron chi connectivity index (χ1n) is 11.1. The molecule has 0 saturated carbocycles. The quantitative estimate of drug-likeness (QED) is 0.322. The number of benzene rings is 1. The Labute approximate surface area is 207 Å². The van der Waals surface area contributed by atoms with E-state index in [1.54, 1.807) is 27.9 Å². The number of nitrogens with one attached hydrogen (secondary N) is 1. The molecule has 186 valence electrons. The molecule has 0 aliphatic rings. The van der Waals surface area contributed by atoms with Crippen LogP contribution in [0.15, 0.2) is 33.7 Å². The summed E-state index contributed by atoms with van der Waals surface area (Å²) in [5.41, 5.74) is 1.46. The minimum atomic E-state index is -0.790. The number of pyridine rings is 1. The molecule has 0 fully saturated rings. The summed E-state index contributed by atoms with van der Waals surface area (Å²) in [7, 11) is 1.58. The van der Waals surface area contributed by atoms with Crippen LogP contribution in [0.1, 0.15) is 52.8 Å². The van der Waals surface area contributed by atoms with Gasteiger partial charge in [-0.2, -0.15) is 0 Å². The highest BCUT2D eigenvalue weighted by Gasteiger charge is 2.32. The Morgan fingerprint density at radius 2 is 1.74 bits per heavy atom. The Morgan fingerprint density at radius 1 is 1.09 bits per heavy atom. The lowest BCUT2D eigenvalue weighted by atomic mass is 10.1. The van der Waals surface area contributed by atoms with Gasteiger partial charge >= 0.3 is 11.9 Å². The summed E-state index contributed by atoms with van der Waals surface area (Å²) in [6, 6.07) is 7.59. The molecular weight excluding hydrogens is 472 g/mol. The number of aromatic nitrogens is 1. The summed E-state index contributed by atoms with van der Waals surface area (Å²) < 4.78 is 21.1. The molecule has 1 amide bonds. The van der Waals surface area contributed by atoms with E-state index in [-0.39, 0.29) is 36.0 Å². The van der Waals surface area contributed by atoms with Crippen molar-refractivity contribution in [2.45, 2.75) is 44.9 Å². The Balaban J connectivity index is 1.88. The summed E-state index contributed by atoms with van der Waals surface area (Å²) in [5.74, 6) is -1.34. The third-order valence-electron chi connectivity index (χ3n) is 5.15. The van der Waals surface area contributed by atoms with Crippen LogP contribution in [-0.2, 0) is 14.3 Å². The number of methoxy groups -OCH3 is 1. The van der Waals surface area contributed by atoms with Crippen molar-refractivity contribution in [2.24, 2.45) is 0 Å². The number of amides is 1. The topological polar surface area (TPSA) is 117 Å². The molecule has 10 heteroatoms. The fourth-order valence-electron chi connectivity index (χ4n) is 3.51. The third-order valence-corrected chi connectivity index (χ3v) is 6.17. The van der Waals surface area contributed by atoms with Crippen molar-refractivity contribution in [3.63, 3.8) is 0 Å². The van der Waals surface area contributed by atoms with E-state index in [1.165, 1.54) is 18.7 Å². The summed E-state index contributed by atoms with van der Waals surface area (Å²) in [6.45, 7) is 8.67. The van der Waals surface area contributed by atoms with Gasteiger partial charge < -0.3 is 18.6 Å². The number of ether oxygens (including phenoxy) is 3. The van der Waals surface area contributed by atoms with Gasteiger partial charge in [-0.3, -0.25) is 10.1 Å². The number of nitrogens with zero attached hydrogens (tertiary/aromatic N) is 1. The number of fused-ring (bicyclic) bond motifs is 1. The van der Waals surface area contributed by atoms with E-state index in [0.717, 1.165) is 10.9 Å². The first kappa shape index (κ1) is 26.1. The molecule has 0 aliphatic carbocycles. The second-order valence-electron chi connectivity index (χ2n) is 7.56. The van der Waals surface area contributed by atoms with Crippen molar-refractivity contribution in [2.75, 3.05) is 25.6 Å². The molecule has 9 nitrogen and oxygen atoms in total. The lowest BCUT2D eigenvalue weighted by Gasteiger charge is -2.13. The maximum absolute atomic E-state index is 13.0. The van der Waals surface area contributed by atoms with Crippen molar-refractivity contribution in [1.29, 1.82) is 0 Å². The molecule has 1 atom stereocenters. The van der Waals surface area contributed by atoms with Crippen molar-refractivity contribution in [1.82, 2.24) is 4.98 Å². The van der Waals surface area contributed by atoms with Crippen LogP contribution in [0.4, 0.5) is 5.88 Å². The number of thioether (sulfide) groups is 1. The van der Waals surface area contributed by atoms with Gasteiger partial charge in [-0.1, -0.05) is 23.9 Å². The number of anilines is 1. The zero-order valence-electron chi connectivity index (χ0n) is 20.5. The molecule has 1 unspecified atom stereocenters. The zero-order valence-corrected chi connectivity index (χ0v) is 21.3. The predicted molar refractivity (Wildman–Crippen MR) is 132 cm³/mol. The lowest BCUT2D eigenvalue weighted by Crippen LogP contribution is -2.24. The average Bonchev–Trinajstić information content (AvgIpc) is 3.14. The zero-order chi connectivity index (χ0) is 25.7. The van der Waals surface area contributed by atoms with Gasteiger partial charge in [0.2, 0.25) is 11.8 Å². The first-order valence-corrected chi connectivity index (χ1v) is 12.0. The van der Waals surface area contributed by atoms with Gasteiger partial charge in [0.1, 0.15) is 28.2 Å². The largest absolute Gasteiger partial charge is 0.494 e. The highest BCUT2D eigenvalue weighted by Crippen LogP contribution is 2.33. The van der Waals surface area contributed by atoms with E-state index >= 15 is 0 Å². The molecular formula is C25H28N2O7S. The monoisotopic (exact) mass is 500 g/mol. The van der Waals surface area contributed by atoms with E-state index in [0.29, 0.717) is 16.3 Å². The van der Waals surface area contributed by atoms with Gasteiger partial charge in [0.05, 0.1) is 30.6 Å². The number of carbonyl (C=O) groups is 3. The number of aryl methyl sites for hydroxylation is 2. The highest BCUT2D eigenvalue weighted by atomic mass is 32.2. The van der Waals surface area contributed by atoms with Crippen LogP contribution in [-0.4, -0.2) is 48.4 Å². The van der Waals surface area contributed by atoms with Crippen molar-refractivity contribution in [3.05, 3.63) is 46.7 Å². The van der Waals surface area contributed by atoms with E-state index in [2.05, 4.69) is 10.3 Å². The standard InChI is InChI=1S/C25H28N2O7S/c1-7-32-24(29)19-14(4)34-23(20(19)25(30)33-8-2)27-22(28)15(5)35-18-12-13(3)16-10-9-11-17(31-6)21(16)26-18/h9-12,15H,7-8H2,1-6H3,(H,27,28). The van der Waals surface area contributed by atoms with E-state index < -0.39 is 23.1 Å². The van der Waals surface area contributed by atoms with E-state index in [4.69, 9.17) is 18.6 Å². The minimum absolute atomic E-state index is 0.0696. The molecule has 0 bridgehead atoms. The summed E-state index contributed by atoms with van der Waals surface area (Å²) in [6.07, 6.45) is 0. The Bertz CT molecular complexity index is 1270. The maximum Gasteiger partial charge on any atom is 0.344 e. The van der Waals surface area contributed by atoms with Gasteiger partial charge in [-0.25, -0.2) is 14.6 Å². The van der Waals surface area contributed by atoms with Crippen LogP contribution in [0.25, 0.3) is 10.9 Å². The smallest absolute Gasteiger partial charge is 0.344 e. The number of para-hydroxylation sites is 1. The fraction of sp³-hybridized carbons (Fsp3) is 0.360. The second-order valence-corrected chi connectivity index (χ2v) is 8.92. The number of hydrogen-bond acceptors (Lipinski definition) is 9. The van der Waals surface area contributed by atoms with E-state index in [9.17, 15) is 14.4 Å². The maximum atomic E-state index is 13.0. The molecule has 1 aromatic carbocycles. The van der Waals surface area contributed by atoms with Gasteiger partial charge in [-0.05, 0) is 52.3 Å². The number of rotatable bonds is 9. The molecule has 0 saturated heterocycles. The molecule has 3 aromatic rings. The van der Waals surface area contributed by atoms with Gasteiger partial charge in [0.15, 0.2) is 0 Å². The van der Waals surface area contributed by atoms with Crippen LogP contribution in [0.5, 0.6) is 5.75 Å². The molecule has 2 heterocycles. The summed E-state index contributed by atoms with van der Waals surface area (Å²) in [5, 5.41) is 3.60. The normalized spacial score (nSPS) is 11.7. The number of furan rings is 1. The van der Waals surface area contributed by atoms with Crippen LogP contribution >= 0.6 is 11.8 Å². The number of esters is 2. The van der Waals surface area contributed by atoms with Crippen LogP contribution in [0, 0.1) is 13.8 Å². The van der Waals surface area contributed by atoms with Gasteiger partial charge in [0.25, 0.3) is 0 Å². The van der Waals surface area contributed by atoms with Crippen LogP contribution in [0.3, 0.4) is 0 Å². The Hall–Kier alpha value is -3.53. The molecule has 0 aliphatic heterocycles. The summed E-state index contributed by atoms with van der Waals surface area (Å²) in [4.78, 5) is 42.7. The number of hydrogen-bond donors (Lipinski definition) is 1. The van der Waals surface area contributed by atoms with Gasteiger partial charge in [0, 0.05) is 5.39 Å². The minimum Gasteiger partial charge on any atom is -0.494 e. The fourth-order valence-corrected chi connectivity index (χ4v) is 4.43. The summed E-state index contributed by atoms with van der Waals surface area (Å²) >= 11 is 1.24. The second kappa shape index (κ2) is 11.3. The molecule has 0 radical (unpaired) electrons. The Kier molecular flexibility index (Phi) is 8.39. The molecule has 2 aromatic heterocycles. The van der Waals surface area contributed by atoms with Gasteiger partial charge in [-0.15, -0.1) is 0 Å². The third kappa shape index (κ3) is 5.59. The Morgan fingerprint density at radius 3 is 2.37 bits per heavy atom. The lowest BCUT2D eigenvalue weighted by molar-refractivity contribution is -0.115. The molecule has 3 rings (SSSR count). The molecule has 1 N–H and O–H groups in total. The van der Waals surface area contributed by atoms with Crippen molar-refractivity contribution >= 4 is 46.4 Å². The number of carbonyl (C=O) groups excluding carboxylic acids is 3.